The molecule has 1 N–H and O–H groups in total. The first-order valence-electron chi connectivity index (χ1n) is 14.4. The SMILES string of the molecule is N#Cc1ccc(OCc2cccc(OCC3CCN(Cc4nc5ccc(C(=O)O)cc5n4C[C@@H]4CCO4)CC3)n2)c(F)c1. The summed E-state index contributed by atoms with van der Waals surface area (Å²) < 4.78 is 33.5. The summed E-state index contributed by atoms with van der Waals surface area (Å²) in [6.45, 7) is 4.52. The highest BCUT2D eigenvalue weighted by Crippen LogP contribution is 2.26. The molecule has 10 nitrogen and oxygen atoms in total. The highest BCUT2D eigenvalue weighted by molar-refractivity contribution is 5.92. The van der Waals surface area contributed by atoms with Gasteiger partial charge in [-0.05, 0) is 80.7 Å². The molecular weight excluding hydrogens is 553 g/mol. The number of nitrogens with zero attached hydrogens (tertiary/aromatic N) is 5. The molecule has 2 aromatic heterocycles. The van der Waals surface area contributed by atoms with Crippen molar-refractivity contribution in [1.29, 1.82) is 5.26 Å². The standard InChI is InChI=1S/C32H32FN5O5/c33-26-14-22(16-34)4-7-29(26)42-20-24-2-1-3-31(35-24)43-19-21-8-11-37(12-9-21)18-30-36-27-6-5-23(32(39)40)15-28(27)38(30)17-25-10-13-41-25/h1-7,14-15,21,25H,8-13,17-20H2,(H,39,40)/t25-/m0/s1. The lowest BCUT2D eigenvalue weighted by atomic mass is 9.98. The molecule has 0 unspecified atom stereocenters. The first-order valence-corrected chi connectivity index (χ1v) is 14.4. The van der Waals surface area contributed by atoms with Gasteiger partial charge in [0.2, 0.25) is 5.88 Å². The molecule has 2 aromatic carbocycles. The van der Waals surface area contributed by atoms with E-state index >= 15 is 0 Å². The van der Waals surface area contributed by atoms with E-state index in [-0.39, 0.29) is 29.6 Å². The van der Waals surface area contributed by atoms with Gasteiger partial charge in [-0.25, -0.2) is 19.2 Å². The Hall–Kier alpha value is -4.53. The first-order chi connectivity index (χ1) is 20.9. The summed E-state index contributed by atoms with van der Waals surface area (Å²) in [6.07, 6.45) is 3.05. The second-order valence-corrected chi connectivity index (χ2v) is 11.0. The quantitative estimate of drug-likeness (QED) is 0.264. The van der Waals surface area contributed by atoms with Gasteiger partial charge in [-0.15, -0.1) is 0 Å². The van der Waals surface area contributed by atoms with Crippen molar-refractivity contribution in [3.8, 4) is 17.7 Å². The van der Waals surface area contributed by atoms with E-state index in [1.807, 2.05) is 12.1 Å². The number of piperidine rings is 1. The van der Waals surface area contributed by atoms with E-state index in [4.69, 9.17) is 24.5 Å². The molecule has 2 aliphatic heterocycles. The topological polar surface area (TPSA) is 123 Å². The number of hydrogen-bond donors (Lipinski definition) is 1. The minimum Gasteiger partial charge on any atom is -0.484 e. The molecule has 4 heterocycles. The van der Waals surface area contributed by atoms with Crippen LogP contribution in [0.15, 0.2) is 54.6 Å². The summed E-state index contributed by atoms with van der Waals surface area (Å²) in [5, 5.41) is 18.4. The van der Waals surface area contributed by atoms with Crippen molar-refractivity contribution in [2.75, 3.05) is 26.3 Å². The van der Waals surface area contributed by atoms with Crippen LogP contribution >= 0.6 is 0 Å². The van der Waals surface area contributed by atoms with E-state index < -0.39 is 11.8 Å². The van der Waals surface area contributed by atoms with E-state index in [9.17, 15) is 14.3 Å². The molecule has 1 atom stereocenters. The Morgan fingerprint density at radius 1 is 1.09 bits per heavy atom. The van der Waals surface area contributed by atoms with Crippen LogP contribution in [0.3, 0.4) is 0 Å². The Kier molecular flexibility index (Phi) is 8.49. The van der Waals surface area contributed by atoms with Gasteiger partial charge in [0.15, 0.2) is 11.6 Å². The van der Waals surface area contributed by atoms with E-state index in [2.05, 4.69) is 14.5 Å². The van der Waals surface area contributed by atoms with Gasteiger partial charge >= 0.3 is 5.97 Å². The van der Waals surface area contributed by atoms with Crippen molar-refractivity contribution < 1.29 is 28.5 Å². The summed E-state index contributed by atoms with van der Waals surface area (Å²) in [7, 11) is 0. The zero-order valence-electron chi connectivity index (χ0n) is 23.6. The summed E-state index contributed by atoms with van der Waals surface area (Å²) in [6, 6.07) is 16.5. The maximum absolute atomic E-state index is 14.1. The molecule has 0 amide bonds. The molecule has 0 radical (unpaired) electrons. The Morgan fingerprint density at radius 2 is 1.93 bits per heavy atom. The van der Waals surface area contributed by atoms with Gasteiger partial charge < -0.3 is 23.9 Å². The number of halogens is 1. The normalized spacial score (nSPS) is 17.3. The Labute approximate surface area is 248 Å². The van der Waals surface area contributed by atoms with E-state index in [1.54, 1.807) is 30.3 Å². The smallest absolute Gasteiger partial charge is 0.335 e. The Balaban J connectivity index is 1.02. The number of hydrogen-bond acceptors (Lipinski definition) is 8. The molecule has 4 aromatic rings. The van der Waals surface area contributed by atoms with Crippen LogP contribution in [-0.4, -0.2) is 62.9 Å². The minimum absolute atomic E-state index is 0.0656. The number of rotatable bonds is 11. The van der Waals surface area contributed by atoms with E-state index in [0.29, 0.717) is 37.2 Å². The summed E-state index contributed by atoms with van der Waals surface area (Å²) in [5.41, 5.74) is 2.73. The van der Waals surface area contributed by atoms with Crippen molar-refractivity contribution in [1.82, 2.24) is 19.4 Å². The predicted octanol–water partition coefficient (Wildman–Crippen LogP) is 4.80. The number of aromatic carboxylic acids is 1. The molecule has 2 saturated heterocycles. The number of carboxylic acids is 1. The van der Waals surface area contributed by atoms with Crippen molar-refractivity contribution in [3.63, 3.8) is 0 Å². The predicted molar refractivity (Wildman–Crippen MR) is 154 cm³/mol. The van der Waals surface area contributed by atoms with Crippen LogP contribution in [0.4, 0.5) is 4.39 Å². The molecule has 2 fully saturated rings. The van der Waals surface area contributed by atoms with Crippen molar-refractivity contribution in [3.05, 3.63) is 83.1 Å². The number of imidazole rings is 1. The zero-order chi connectivity index (χ0) is 29.8. The van der Waals surface area contributed by atoms with Gasteiger partial charge in [0.25, 0.3) is 0 Å². The average Bonchev–Trinajstić information content (AvgIpc) is 3.33. The van der Waals surface area contributed by atoms with Crippen LogP contribution in [-0.2, 0) is 24.4 Å². The molecule has 222 valence electrons. The van der Waals surface area contributed by atoms with Crippen LogP contribution in [0, 0.1) is 23.1 Å². The minimum atomic E-state index is -0.950. The summed E-state index contributed by atoms with van der Waals surface area (Å²) in [4.78, 5) is 23.3. The van der Waals surface area contributed by atoms with E-state index in [0.717, 1.165) is 61.9 Å². The van der Waals surface area contributed by atoms with Crippen molar-refractivity contribution in [2.24, 2.45) is 5.92 Å². The van der Waals surface area contributed by atoms with Gasteiger partial charge in [-0.2, -0.15) is 5.26 Å². The molecule has 0 aliphatic carbocycles. The molecule has 0 spiro atoms. The summed E-state index contributed by atoms with van der Waals surface area (Å²) >= 11 is 0. The third-order valence-electron chi connectivity index (χ3n) is 8.01. The number of nitriles is 1. The fourth-order valence-electron chi connectivity index (χ4n) is 5.43. The van der Waals surface area contributed by atoms with Gasteiger partial charge in [-0.1, -0.05) is 6.07 Å². The molecule has 2 aliphatic rings. The molecule has 0 saturated carbocycles. The monoisotopic (exact) mass is 585 g/mol. The van der Waals surface area contributed by atoms with Crippen LogP contribution in [0.5, 0.6) is 11.6 Å². The fraction of sp³-hybridized carbons (Fsp3) is 0.375. The first kappa shape index (κ1) is 28.6. The summed E-state index contributed by atoms with van der Waals surface area (Å²) in [5.74, 6) is 0.328. The number of pyridine rings is 1. The number of benzene rings is 2. The van der Waals surface area contributed by atoms with Gasteiger partial charge in [-0.3, -0.25) is 4.90 Å². The number of carbonyl (C=O) groups is 1. The lowest BCUT2D eigenvalue weighted by Crippen LogP contribution is -2.37. The maximum Gasteiger partial charge on any atom is 0.335 e. The van der Waals surface area contributed by atoms with E-state index in [1.165, 1.54) is 12.1 Å². The van der Waals surface area contributed by atoms with Crippen LogP contribution in [0.2, 0.25) is 0 Å². The van der Waals surface area contributed by atoms with Gasteiger partial charge in [0, 0.05) is 12.7 Å². The van der Waals surface area contributed by atoms with Crippen molar-refractivity contribution >= 4 is 17.0 Å². The molecule has 0 bridgehead atoms. The number of ether oxygens (including phenoxy) is 3. The van der Waals surface area contributed by atoms with Gasteiger partial charge in [0.05, 0.1) is 59.7 Å². The van der Waals surface area contributed by atoms with Crippen molar-refractivity contribution in [2.45, 2.75) is 45.1 Å². The average molecular weight is 586 g/mol. The molecule has 6 rings (SSSR count). The third-order valence-corrected chi connectivity index (χ3v) is 8.01. The highest BCUT2D eigenvalue weighted by atomic mass is 19.1. The maximum atomic E-state index is 14.1. The van der Waals surface area contributed by atoms with Gasteiger partial charge in [0.1, 0.15) is 12.4 Å². The van der Waals surface area contributed by atoms with Crippen LogP contribution < -0.4 is 9.47 Å². The molecule has 11 heteroatoms. The lowest BCUT2D eigenvalue weighted by molar-refractivity contribution is -0.0592. The number of aromatic nitrogens is 3. The second kappa shape index (κ2) is 12.8. The highest BCUT2D eigenvalue weighted by Gasteiger charge is 2.25. The largest absolute Gasteiger partial charge is 0.484 e. The number of carboxylic acid groups (broad SMARTS) is 1. The molecular formula is C32H32FN5O5. The fourth-order valence-corrected chi connectivity index (χ4v) is 5.43. The Morgan fingerprint density at radius 3 is 2.65 bits per heavy atom. The third kappa shape index (κ3) is 6.77. The second-order valence-electron chi connectivity index (χ2n) is 11.0. The Bertz CT molecular complexity index is 1660. The molecule has 43 heavy (non-hydrogen) atoms. The van der Waals surface area contributed by atoms with Crippen LogP contribution in [0.1, 0.15) is 46.7 Å². The number of fused-ring (bicyclic) bond motifs is 1. The zero-order valence-corrected chi connectivity index (χ0v) is 23.6. The van der Waals surface area contributed by atoms with Crippen LogP contribution in [0.25, 0.3) is 11.0 Å². The number of likely N-dealkylation sites (tertiary alicyclic amines) is 1. The lowest BCUT2D eigenvalue weighted by Gasteiger charge is -2.32.